The van der Waals surface area contributed by atoms with Gasteiger partial charge in [-0.25, -0.2) is 14.5 Å². The van der Waals surface area contributed by atoms with Crippen molar-refractivity contribution in [2.75, 3.05) is 5.32 Å². The van der Waals surface area contributed by atoms with Crippen LogP contribution >= 0.6 is 11.8 Å². The van der Waals surface area contributed by atoms with Crippen LogP contribution in [-0.2, 0) is 17.0 Å². The topological polar surface area (TPSA) is 85.1 Å². The summed E-state index contributed by atoms with van der Waals surface area (Å²) in [5, 5.41) is 8.18. The summed E-state index contributed by atoms with van der Waals surface area (Å²) in [5.41, 5.74) is 4.82. The number of anilines is 1. The Morgan fingerprint density at radius 2 is 2.03 bits per heavy atom. The van der Waals surface area contributed by atoms with E-state index in [1.807, 2.05) is 50.2 Å². The molecule has 8 heteroatoms. The van der Waals surface area contributed by atoms with Crippen molar-refractivity contribution < 1.29 is 4.79 Å². The largest absolute Gasteiger partial charge is 0.326 e. The second kappa shape index (κ2) is 9.04. The van der Waals surface area contributed by atoms with Crippen molar-refractivity contribution >= 4 is 29.1 Å². The fourth-order valence-corrected chi connectivity index (χ4v) is 4.11. The Morgan fingerprint density at radius 3 is 2.87 bits per heavy atom. The zero-order valence-corrected chi connectivity index (χ0v) is 17.7. The maximum Gasteiger partial charge on any atom is 0.252 e. The predicted octanol–water partition coefficient (Wildman–Crippen LogP) is 4.00. The summed E-state index contributed by atoms with van der Waals surface area (Å²) < 4.78 is 1.71. The highest BCUT2D eigenvalue weighted by Gasteiger charge is 2.13. The molecule has 1 N–H and O–H groups in total. The van der Waals surface area contributed by atoms with Gasteiger partial charge in [-0.05, 0) is 55.7 Å². The van der Waals surface area contributed by atoms with Crippen molar-refractivity contribution in [3.05, 3.63) is 77.5 Å². The third-order valence-corrected chi connectivity index (χ3v) is 5.84. The third kappa shape index (κ3) is 4.65. The molecule has 1 amide bonds. The second-order valence-electron chi connectivity index (χ2n) is 6.94. The molecule has 152 valence electrons. The van der Waals surface area contributed by atoms with Crippen molar-refractivity contribution in [2.24, 2.45) is 0 Å². The number of nitrogens with one attached hydrogen (secondary N) is 1. The molecule has 4 aromatic rings. The number of nitrogens with zero attached hydrogens (tertiary/aromatic N) is 5. The number of hydrogen-bond acceptors (Lipinski definition) is 6. The van der Waals surface area contributed by atoms with Crippen molar-refractivity contribution in [1.82, 2.24) is 24.6 Å². The molecule has 0 aliphatic carbocycles. The molecule has 0 unspecified atom stereocenters. The van der Waals surface area contributed by atoms with E-state index in [-0.39, 0.29) is 5.91 Å². The van der Waals surface area contributed by atoms with Crippen LogP contribution in [0, 0.1) is 13.8 Å². The van der Waals surface area contributed by atoms with Crippen molar-refractivity contribution in [3.8, 4) is 0 Å². The summed E-state index contributed by atoms with van der Waals surface area (Å²) >= 11 is 1.67. The first-order valence-electron chi connectivity index (χ1n) is 9.68. The first-order valence-corrected chi connectivity index (χ1v) is 10.7. The average Bonchev–Trinajstić information content (AvgIpc) is 3.22. The Morgan fingerprint density at radius 1 is 1.13 bits per heavy atom. The molecule has 0 atom stereocenters. The number of hydrogen-bond donors (Lipinski definition) is 1. The number of pyridine rings is 1. The summed E-state index contributed by atoms with van der Waals surface area (Å²) in [6.45, 7) is 3.92. The third-order valence-electron chi connectivity index (χ3n) is 4.83. The van der Waals surface area contributed by atoms with Gasteiger partial charge in [-0.3, -0.25) is 4.79 Å². The Hall–Kier alpha value is -3.26. The Bertz CT molecular complexity index is 1170. The van der Waals surface area contributed by atoms with E-state index >= 15 is 0 Å². The number of carbonyl (C=O) groups excluding carboxylic acids is 1. The van der Waals surface area contributed by atoms with Gasteiger partial charge < -0.3 is 5.32 Å². The minimum Gasteiger partial charge on any atom is -0.326 e. The molecule has 1 aromatic carbocycles. The van der Waals surface area contributed by atoms with E-state index in [0.29, 0.717) is 18.6 Å². The van der Waals surface area contributed by atoms with Gasteiger partial charge in [0.1, 0.15) is 6.33 Å². The molecule has 3 aromatic heterocycles. The van der Waals surface area contributed by atoms with Crippen LogP contribution in [0.1, 0.15) is 28.9 Å². The number of amides is 1. The highest BCUT2D eigenvalue weighted by molar-refractivity contribution is 7.98. The smallest absolute Gasteiger partial charge is 0.252 e. The van der Waals surface area contributed by atoms with Crippen LogP contribution in [0.4, 0.5) is 5.69 Å². The fourth-order valence-electron chi connectivity index (χ4n) is 3.31. The molecule has 0 saturated heterocycles. The first-order chi connectivity index (χ1) is 14.6. The van der Waals surface area contributed by atoms with Crippen LogP contribution in [0.15, 0.2) is 60.0 Å². The molecule has 3 heterocycles. The predicted molar refractivity (Wildman–Crippen MR) is 117 cm³/mol. The lowest BCUT2D eigenvalue weighted by Crippen LogP contribution is -2.14. The van der Waals surface area contributed by atoms with Gasteiger partial charge in [-0.1, -0.05) is 18.2 Å². The molecular weight excluding hydrogens is 396 g/mol. The monoisotopic (exact) mass is 418 g/mol. The second-order valence-corrected chi connectivity index (χ2v) is 7.93. The zero-order valence-electron chi connectivity index (χ0n) is 16.9. The molecule has 0 aliphatic heterocycles. The molecule has 0 spiro atoms. The lowest BCUT2D eigenvalue weighted by Gasteiger charge is -2.11. The molecule has 0 fully saturated rings. The van der Waals surface area contributed by atoms with E-state index in [9.17, 15) is 4.79 Å². The van der Waals surface area contributed by atoms with Crippen LogP contribution in [0.25, 0.3) is 5.78 Å². The first kappa shape index (κ1) is 20.0. The molecule has 7 nitrogen and oxygen atoms in total. The highest BCUT2D eigenvalue weighted by atomic mass is 32.2. The molecule has 30 heavy (non-hydrogen) atoms. The summed E-state index contributed by atoms with van der Waals surface area (Å²) in [6, 6.07) is 13.8. The van der Waals surface area contributed by atoms with Gasteiger partial charge in [0.05, 0.1) is 5.03 Å². The van der Waals surface area contributed by atoms with Crippen molar-refractivity contribution in [3.63, 3.8) is 0 Å². The van der Waals surface area contributed by atoms with Crippen LogP contribution < -0.4 is 5.32 Å². The van der Waals surface area contributed by atoms with Crippen LogP contribution in [0.2, 0.25) is 0 Å². The maximum atomic E-state index is 12.5. The number of fused-ring (bicyclic) bond motifs is 1. The minimum atomic E-state index is -0.0259. The Labute approximate surface area is 179 Å². The Kier molecular flexibility index (Phi) is 6.04. The number of aromatic nitrogens is 5. The molecule has 0 bridgehead atoms. The normalized spacial score (nSPS) is 11.0. The fraction of sp³-hybridized carbons (Fsp3) is 0.227. The van der Waals surface area contributed by atoms with Crippen LogP contribution in [0.5, 0.6) is 0 Å². The molecular formula is C22H22N6OS. The number of carbonyl (C=O) groups is 1. The summed E-state index contributed by atoms with van der Waals surface area (Å²) in [7, 11) is 0. The standard InChI is InChI=1S/C22H22N6OS/c1-15-19(16(2)28-22(26-15)24-14-25-28)9-10-20(29)27-18-7-5-6-17(12-18)13-30-21-8-3-4-11-23-21/h3-8,11-12,14H,9-10,13H2,1-2H3,(H,27,29). The van der Waals surface area contributed by atoms with Crippen molar-refractivity contribution in [1.29, 1.82) is 0 Å². The summed E-state index contributed by atoms with van der Waals surface area (Å²) in [4.78, 5) is 25.5. The summed E-state index contributed by atoms with van der Waals surface area (Å²) in [5.74, 6) is 1.35. The van der Waals surface area contributed by atoms with Gasteiger partial charge in [-0.2, -0.15) is 10.1 Å². The molecule has 0 radical (unpaired) electrons. The van der Waals surface area contributed by atoms with Crippen LogP contribution in [0.3, 0.4) is 0 Å². The summed E-state index contributed by atoms with van der Waals surface area (Å²) in [6.07, 6.45) is 4.25. The van der Waals surface area contributed by atoms with E-state index in [0.717, 1.165) is 39.0 Å². The van der Waals surface area contributed by atoms with E-state index in [2.05, 4.69) is 31.4 Å². The minimum absolute atomic E-state index is 0.0259. The molecule has 4 rings (SSSR count). The maximum absolute atomic E-state index is 12.5. The number of benzene rings is 1. The quantitative estimate of drug-likeness (QED) is 0.457. The number of rotatable bonds is 7. The molecule has 0 saturated carbocycles. The molecule has 0 aliphatic rings. The zero-order chi connectivity index (χ0) is 20.9. The van der Waals surface area contributed by atoms with Gasteiger partial charge in [0.2, 0.25) is 5.91 Å². The average molecular weight is 419 g/mol. The van der Waals surface area contributed by atoms with Gasteiger partial charge in [0, 0.05) is 35.4 Å². The van der Waals surface area contributed by atoms with Gasteiger partial charge in [0.15, 0.2) is 0 Å². The van der Waals surface area contributed by atoms with E-state index < -0.39 is 0 Å². The number of thioether (sulfide) groups is 1. The Balaban J connectivity index is 1.36. The van der Waals surface area contributed by atoms with Crippen molar-refractivity contribution in [2.45, 2.75) is 37.5 Å². The highest BCUT2D eigenvalue weighted by Crippen LogP contribution is 2.22. The van der Waals surface area contributed by atoms with Gasteiger partial charge >= 0.3 is 0 Å². The van der Waals surface area contributed by atoms with Crippen LogP contribution in [-0.4, -0.2) is 30.5 Å². The van der Waals surface area contributed by atoms with E-state index in [1.54, 1.807) is 22.5 Å². The van der Waals surface area contributed by atoms with E-state index in [1.165, 1.54) is 6.33 Å². The van der Waals surface area contributed by atoms with E-state index in [4.69, 9.17) is 0 Å². The lowest BCUT2D eigenvalue weighted by molar-refractivity contribution is -0.116. The lowest BCUT2D eigenvalue weighted by atomic mass is 10.1. The van der Waals surface area contributed by atoms with Gasteiger partial charge in [-0.15, -0.1) is 11.8 Å². The van der Waals surface area contributed by atoms with Gasteiger partial charge in [0.25, 0.3) is 5.78 Å². The SMILES string of the molecule is Cc1nc2ncnn2c(C)c1CCC(=O)Nc1cccc(CSc2ccccn2)c1. The number of aryl methyl sites for hydroxylation is 2.